The standard InChI is InChI=1S/C16H22N4OS/c1-11(13-10-19(3)18-12(13)2)17-16(21)20-8-4-6-14(20)15-7-5-9-22-15/h5,7,9-11,14H,4,6,8H2,1-3H3,(H,17,21). The van der Waals surface area contributed by atoms with Crippen LogP contribution in [0.4, 0.5) is 4.79 Å². The molecule has 118 valence electrons. The summed E-state index contributed by atoms with van der Waals surface area (Å²) in [4.78, 5) is 15.9. The van der Waals surface area contributed by atoms with E-state index >= 15 is 0 Å². The minimum absolute atomic E-state index is 0.0200. The summed E-state index contributed by atoms with van der Waals surface area (Å²) in [5, 5.41) is 9.54. The van der Waals surface area contributed by atoms with Crippen LogP contribution in [0.2, 0.25) is 0 Å². The zero-order chi connectivity index (χ0) is 15.7. The van der Waals surface area contributed by atoms with Crippen molar-refractivity contribution in [3.63, 3.8) is 0 Å². The van der Waals surface area contributed by atoms with Crippen LogP contribution in [0.15, 0.2) is 23.7 Å². The van der Waals surface area contributed by atoms with Crippen LogP contribution < -0.4 is 5.32 Å². The number of hydrogen-bond acceptors (Lipinski definition) is 3. The van der Waals surface area contributed by atoms with Gasteiger partial charge in [-0.2, -0.15) is 5.10 Å². The van der Waals surface area contributed by atoms with E-state index in [4.69, 9.17) is 0 Å². The summed E-state index contributed by atoms with van der Waals surface area (Å²) in [5.74, 6) is 0. The van der Waals surface area contributed by atoms with E-state index in [1.807, 2.05) is 32.0 Å². The van der Waals surface area contributed by atoms with E-state index in [1.54, 1.807) is 16.0 Å². The molecule has 5 nitrogen and oxygen atoms in total. The Kier molecular flexibility index (Phi) is 4.20. The quantitative estimate of drug-likeness (QED) is 0.943. The van der Waals surface area contributed by atoms with E-state index in [0.29, 0.717) is 0 Å². The van der Waals surface area contributed by atoms with Gasteiger partial charge in [-0.3, -0.25) is 4.68 Å². The SMILES string of the molecule is Cc1nn(C)cc1C(C)NC(=O)N1CCCC1c1cccs1. The van der Waals surface area contributed by atoms with Gasteiger partial charge in [-0.05, 0) is 38.1 Å². The predicted octanol–water partition coefficient (Wildman–Crippen LogP) is 3.40. The Labute approximate surface area is 134 Å². The first-order valence-corrected chi connectivity index (χ1v) is 8.55. The number of thiophene rings is 1. The fourth-order valence-electron chi connectivity index (χ4n) is 3.18. The summed E-state index contributed by atoms with van der Waals surface area (Å²) in [5.41, 5.74) is 2.04. The van der Waals surface area contributed by atoms with Crippen molar-refractivity contribution in [2.24, 2.45) is 7.05 Å². The summed E-state index contributed by atoms with van der Waals surface area (Å²) in [6, 6.07) is 4.38. The highest BCUT2D eigenvalue weighted by molar-refractivity contribution is 7.10. The van der Waals surface area contributed by atoms with Gasteiger partial charge in [-0.15, -0.1) is 11.3 Å². The molecule has 3 rings (SSSR count). The Morgan fingerprint density at radius 2 is 2.36 bits per heavy atom. The largest absolute Gasteiger partial charge is 0.331 e. The molecule has 2 aromatic rings. The van der Waals surface area contributed by atoms with Gasteiger partial charge in [-0.25, -0.2) is 4.79 Å². The Hall–Kier alpha value is -1.82. The molecule has 0 spiro atoms. The lowest BCUT2D eigenvalue weighted by molar-refractivity contribution is 0.190. The van der Waals surface area contributed by atoms with Crippen molar-refractivity contribution < 1.29 is 4.79 Å². The van der Waals surface area contributed by atoms with Gasteiger partial charge >= 0.3 is 6.03 Å². The molecule has 1 saturated heterocycles. The second-order valence-corrected chi connectivity index (χ2v) is 6.86. The van der Waals surface area contributed by atoms with E-state index in [9.17, 15) is 4.79 Å². The number of hydrogen-bond donors (Lipinski definition) is 1. The number of urea groups is 1. The average molecular weight is 318 g/mol. The van der Waals surface area contributed by atoms with Crippen LogP contribution in [0.25, 0.3) is 0 Å². The van der Waals surface area contributed by atoms with Crippen molar-refractivity contribution in [2.45, 2.75) is 38.8 Å². The van der Waals surface area contributed by atoms with Gasteiger partial charge < -0.3 is 10.2 Å². The van der Waals surface area contributed by atoms with Gasteiger partial charge in [0.2, 0.25) is 0 Å². The molecule has 22 heavy (non-hydrogen) atoms. The number of likely N-dealkylation sites (tertiary alicyclic amines) is 1. The van der Waals surface area contributed by atoms with Crippen LogP contribution in [-0.2, 0) is 7.05 Å². The summed E-state index contributed by atoms with van der Waals surface area (Å²) in [6.45, 7) is 4.81. The number of nitrogens with one attached hydrogen (secondary N) is 1. The van der Waals surface area contributed by atoms with Gasteiger partial charge in [0.1, 0.15) is 0 Å². The molecule has 1 aliphatic heterocycles. The summed E-state index contributed by atoms with van der Waals surface area (Å²) in [7, 11) is 1.90. The second kappa shape index (κ2) is 6.12. The monoisotopic (exact) mass is 318 g/mol. The molecular weight excluding hydrogens is 296 g/mol. The molecular formula is C16H22N4OS. The summed E-state index contributed by atoms with van der Waals surface area (Å²) >= 11 is 1.73. The lowest BCUT2D eigenvalue weighted by Gasteiger charge is -2.26. The third-order valence-corrected chi connectivity index (χ3v) is 5.22. The Balaban J connectivity index is 1.70. The van der Waals surface area contributed by atoms with Crippen LogP contribution in [0, 0.1) is 6.92 Å². The molecule has 2 amide bonds. The first kappa shape index (κ1) is 15.1. The van der Waals surface area contributed by atoms with E-state index in [2.05, 4.69) is 27.9 Å². The molecule has 0 radical (unpaired) electrons. The van der Waals surface area contributed by atoms with Crippen molar-refractivity contribution in [1.82, 2.24) is 20.0 Å². The maximum atomic E-state index is 12.6. The minimum Gasteiger partial charge on any atom is -0.331 e. The molecule has 1 aliphatic rings. The Bertz CT molecular complexity index is 649. The molecule has 0 bridgehead atoms. The van der Waals surface area contributed by atoms with Crippen LogP contribution in [0.1, 0.15) is 48.0 Å². The number of nitrogens with zero attached hydrogens (tertiary/aromatic N) is 3. The highest BCUT2D eigenvalue weighted by Gasteiger charge is 2.31. The third-order valence-electron chi connectivity index (χ3n) is 4.24. The number of carbonyl (C=O) groups excluding carboxylic acids is 1. The fourth-order valence-corrected chi connectivity index (χ4v) is 4.05. The van der Waals surface area contributed by atoms with Crippen LogP contribution >= 0.6 is 11.3 Å². The second-order valence-electron chi connectivity index (χ2n) is 5.88. The highest BCUT2D eigenvalue weighted by atomic mass is 32.1. The Morgan fingerprint density at radius 1 is 1.55 bits per heavy atom. The first-order valence-electron chi connectivity index (χ1n) is 7.67. The number of carbonyl (C=O) groups is 1. The minimum atomic E-state index is -0.0363. The lowest BCUT2D eigenvalue weighted by atomic mass is 10.1. The van der Waals surface area contributed by atoms with Crippen LogP contribution in [0.3, 0.4) is 0 Å². The number of aryl methyl sites for hydroxylation is 2. The van der Waals surface area contributed by atoms with Gasteiger partial charge in [0, 0.05) is 30.2 Å². The van der Waals surface area contributed by atoms with Crippen molar-refractivity contribution >= 4 is 17.4 Å². The number of aromatic nitrogens is 2. The maximum Gasteiger partial charge on any atom is 0.318 e. The van der Waals surface area contributed by atoms with Gasteiger partial charge in [0.15, 0.2) is 0 Å². The number of rotatable bonds is 3. The lowest BCUT2D eigenvalue weighted by Crippen LogP contribution is -2.40. The van der Waals surface area contributed by atoms with Crippen molar-refractivity contribution in [1.29, 1.82) is 0 Å². The summed E-state index contributed by atoms with van der Waals surface area (Å²) < 4.78 is 1.79. The molecule has 0 aromatic carbocycles. The van der Waals surface area contributed by atoms with Crippen LogP contribution in [-0.4, -0.2) is 27.3 Å². The smallest absolute Gasteiger partial charge is 0.318 e. The first-order chi connectivity index (χ1) is 10.6. The van der Waals surface area contributed by atoms with E-state index in [0.717, 1.165) is 30.6 Å². The molecule has 3 heterocycles. The van der Waals surface area contributed by atoms with Gasteiger partial charge in [0.25, 0.3) is 0 Å². The third kappa shape index (κ3) is 2.88. The molecule has 2 unspecified atom stereocenters. The molecule has 1 fully saturated rings. The Morgan fingerprint density at radius 3 is 3.00 bits per heavy atom. The van der Waals surface area contributed by atoms with Crippen molar-refractivity contribution in [3.05, 3.63) is 39.8 Å². The van der Waals surface area contributed by atoms with Crippen LogP contribution in [0.5, 0.6) is 0 Å². The molecule has 2 aromatic heterocycles. The summed E-state index contributed by atoms with van der Waals surface area (Å²) in [6.07, 6.45) is 4.09. The van der Waals surface area contributed by atoms with Gasteiger partial charge in [-0.1, -0.05) is 6.07 Å². The number of amides is 2. The molecule has 0 aliphatic carbocycles. The van der Waals surface area contributed by atoms with E-state index < -0.39 is 0 Å². The zero-order valence-electron chi connectivity index (χ0n) is 13.2. The molecule has 0 saturated carbocycles. The van der Waals surface area contributed by atoms with Gasteiger partial charge in [0.05, 0.1) is 17.8 Å². The maximum absolute atomic E-state index is 12.6. The molecule has 6 heteroatoms. The molecule has 2 atom stereocenters. The normalized spacial score (nSPS) is 19.4. The average Bonchev–Trinajstić information content (AvgIpc) is 3.17. The topological polar surface area (TPSA) is 50.2 Å². The molecule has 1 N–H and O–H groups in total. The van der Waals surface area contributed by atoms with E-state index in [-0.39, 0.29) is 18.1 Å². The van der Waals surface area contributed by atoms with E-state index in [1.165, 1.54) is 4.88 Å². The fraction of sp³-hybridized carbons (Fsp3) is 0.500. The highest BCUT2D eigenvalue weighted by Crippen LogP contribution is 2.34. The zero-order valence-corrected chi connectivity index (χ0v) is 14.1. The van der Waals surface area contributed by atoms with Crippen molar-refractivity contribution in [2.75, 3.05) is 6.54 Å². The van der Waals surface area contributed by atoms with Crippen molar-refractivity contribution in [3.8, 4) is 0 Å². The predicted molar refractivity (Wildman–Crippen MR) is 87.9 cm³/mol.